The molecule has 3 aromatic rings. The average Bonchev–Trinajstić information content (AvgIpc) is 2.97. The standard InChI is InChI=1S/C19H19ClN2O3/c1-12(2)11-24-18-8-7-13(9-15(18)20)21-19(23)10-16-14-5-3-4-6-17(14)25-22-16/h3-9,12H,10-11H2,1-2H3,(H,21,23). The Hall–Kier alpha value is -2.53. The van der Waals surface area contributed by atoms with Crippen LogP contribution in [0.5, 0.6) is 5.75 Å². The summed E-state index contributed by atoms with van der Waals surface area (Å²) in [5, 5.41) is 8.09. The molecule has 0 atom stereocenters. The number of amides is 1. The van der Waals surface area contributed by atoms with E-state index in [0.717, 1.165) is 5.39 Å². The third-order valence-corrected chi connectivity index (χ3v) is 3.86. The molecule has 0 aliphatic carbocycles. The second-order valence-electron chi connectivity index (χ2n) is 6.20. The Bertz CT molecular complexity index is 889. The molecular weight excluding hydrogens is 340 g/mol. The van der Waals surface area contributed by atoms with Gasteiger partial charge in [0.15, 0.2) is 5.58 Å². The van der Waals surface area contributed by atoms with E-state index in [9.17, 15) is 4.79 Å². The van der Waals surface area contributed by atoms with Crippen molar-refractivity contribution in [1.82, 2.24) is 5.16 Å². The number of aromatic nitrogens is 1. The lowest BCUT2D eigenvalue weighted by atomic mass is 10.1. The molecule has 0 radical (unpaired) electrons. The summed E-state index contributed by atoms with van der Waals surface area (Å²) >= 11 is 6.21. The highest BCUT2D eigenvalue weighted by Gasteiger charge is 2.13. The Balaban J connectivity index is 1.65. The fourth-order valence-corrected chi connectivity index (χ4v) is 2.61. The molecule has 5 nitrogen and oxygen atoms in total. The number of para-hydroxylation sites is 1. The van der Waals surface area contributed by atoms with Crippen molar-refractivity contribution in [3.8, 4) is 5.75 Å². The molecule has 0 fully saturated rings. The fraction of sp³-hybridized carbons (Fsp3) is 0.263. The third-order valence-electron chi connectivity index (χ3n) is 3.57. The number of benzene rings is 2. The average molecular weight is 359 g/mol. The summed E-state index contributed by atoms with van der Waals surface area (Å²) in [5.41, 5.74) is 1.88. The minimum atomic E-state index is -0.189. The quantitative estimate of drug-likeness (QED) is 0.693. The van der Waals surface area contributed by atoms with Crippen molar-refractivity contribution >= 4 is 34.2 Å². The zero-order chi connectivity index (χ0) is 17.8. The third kappa shape index (κ3) is 4.31. The molecule has 0 spiro atoms. The maximum absolute atomic E-state index is 12.3. The molecule has 0 aliphatic heterocycles. The summed E-state index contributed by atoms with van der Waals surface area (Å²) in [7, 11) is 0. The number of rotatable bonds is 6. The molecule has 0 saturated heterocycles. The molecule has 25 heavy (non-hydrogen) atoms. The van der Waals surface area contributed by atoms with Crippen molar-refractivity contribution in [3.05, 3.63) is 53.2 Å². The summed E-state index contributed by atoms with van der Waals surface area (Å²) in [4.78, 5) is 12.3. The lowest BCUT2D eigenvalue weighted by Gasteiger charge is -2.11. The van der Waals surface area contributed by atoms with Crippen LogP contribution >= 0.6 is 11.6 Å². The van der Waals surface area contributed by atoms with Gasteiger partial charge in [0.1, 0.15) is 11.4 Å². The minimum Gasteiger partial charge on any atom is -0.492 e. The van der Waals surface area contributed by atoms with E-state index in [4.69, 9.17) is 20.9 Å². The first-order valence-electron chi connectivity index (χ1n) is 8.08. The van der Waals surface area contributed by atoms with Gasteiger partial charge in [0.2, 0.25) is 5.91 Å². The number of carbonyl (C=O) groups excluding carboxylic acids is 1. The maximum Gasteiger partial charge on any atom is 0.230 e. The van der Waals surface area contributed by atoms with E-state index in [-0.39, 0.29) is 12.3 Å². The summed E-state index contributed by atoms with van der Waals surface area (Å²) in [6.07, 6.45) is 0.125. The van der Waals surface area contributed by atoms with Crippen molar-refractivity contribution in [2.24, 2.45) is 5.92 Å². The van der Waals surface area contributed by atoms with Crippen LogP contribution in [0.3, 0.4) is 0 Å². The van der Waals surface area contributed by atoms with Crippen LogP contribution < -0.4 is 10.1 Å². The lowest BCUT2D eigenvalue weighted by Crippen LogP contribution is -2.14. The molecule has 3 rings (SSSR count). The van der Waals surface area contributed by atoms with E-state index in [1.807, 2.05) is 24.3 Å². The van der Waals surface area contributed by atoms with E-state index in [1.54, 1.807) is 18.2 Å². The number of halogens is 1. The summed E-state index contributed by atoms with van der Waals surface area (Å²) in [5.74, 6) is 0.828. The van der Waals surface area contributed by atoms with Gasteiger partial charge < -0.3 is 14.6 Å². The highest BCUT2D eigenvalue weighted by atomic mass is 35.5. The SMILES string of the molecule is CC(C)COc1ccc(NC(=O)Cc2noc3ccccc23)cc1Cl. The van der Waals surface area contributed by atoms with Crippen LogP contribution in [0, 0.1) is 5.92 Å². The van der Waals surface area contributed by atoms with E-state index < -0.39 is 0 Å². The zero-order valence-corrected chi connectivity index (χ0v) is 14.8. The van der Waals surface area contributed by atoms with Gasteiger partial charge >= 0.3 is 0 Å². The van der Waals surface area contributed by atoms with Crippen LogP contribution in [-0.2, 0) is 11.2 Å². The number of anilines is 1. The summed E-state index contributed by atoms with van der Waals surface area (Å²) < 4.78 is 10.8. The summed E-state index contributed by atoms with van der Waals surface area (Å²) in [6.45, 7) is 4.72. The highest BCUT2D eigenvalue weighted by molar-refractivity contribution is 6.32. The van der Waals surface area contributed by atoms with Gasteiger partial charge in [-0.15, -0.1) is 0 Å². The van der Waals surface area contributed by atoms with E-state index >= 15 is 0 Å². The topological polar surface area (TPSA) is 64.4 Å². The van der Waals surface area contributed by atoms with Crippen LogP contribution in [-0.4, -0.2) is 17.7 Å². The molecule has 1 amide bonds. The Morgan fingerprint density at radius 2 is 2.08 bits per heavy atom. The van der Waals surface area contributed by atoms with Gasteiger partial charge in [-0.2, -0.15) is 0 Å². The van der Waals surface area contributed by atoms with Gasteiger partial charge in [-0.05, 0) is 36.2 Å². The first-order chi connectivity index (χ1) is 12.0. The molecule has 2 aromatic carbocycles. The largest absolute Gasteiger partial charge is 0.492 e. The zero-order valence-electron chi connectivity index (χ0n) is 14.1. The van der Waals surface area contributed by atoms with Gasteiger partial charge in [0.05, 0.1) is 18.1 Å². The van der Waals surface area contributed by atoms with Crippen LogP contribution in [0.2, 0.25) is 5.02 Å². The van der Waals surface area contributed by atoms with Crippen molar-refractivity contribution < 1.29 is 14.1 Å². The maximum atomic E-state index is 12.3. The Kier molecular flexibility index (Phi) is 5.24. The van der Waals surface area contributed by atoms with Gasteiger partial charge in [-0.25, -0.2) is 0 Å². The van der Waals surface area contributed by atoms with Gasteiger partial charge in [-0.1, -0.05) is 42.7 Å². The van der Waals surface area contributed by atoms with Gasteiger partial charge in [0.25, 0.3) is 0 Å². The van der Waals surface area contributed by atoms with E-state index in [0.29, 0.717) is 40.3 Å². The number of carbonyl (C=O) groups is 1. The Morgan fingerprint density at radius 3 is 2.84 bits per heavy atom. The van der Waals surface area contributed by atoms with Gasteiger partial charge in [-0.3, -0.25) is 4.79 Å². The molecule has 1 aromatic heterocycles. The normalized spacial score (nSPS) is 11.0. The van der Waals surface area contributed by atoms with E-state index in [1.165, 1.54) is 0 Å². The number of nitrogens with one attached hydrogen (secondary N) is 1. The van der Waals surface area contributed by atoms with Crippen LogP contribution in [0.25, 0.3) is 11.0 Å². The predicted molar refractivity (Wildman–Crippen MR) is 98.1 cm³/mol. The predicted octanol–water partition coefficient (Wildman–Crippen LogP) is 4.70. The number of hydrogen-bond acceptors (Lipinski definition) is 4. The Morgan fingerprint density at radius 1 is 1.28 bits per heavy atom. The second kappa shape index (κ2) is 7.57. The number of hydrogen-bond donors (Lipinski definition) is 1. The lowest BCUT2D eigenvalue weighted by molar-refractivity contribution is -0.115. The first kappa shape index (κ1) is 17.3. The molecule has 6 heteroatoms. The second-order valence-corrected chi connectivity index (χ2v) is 6.61. The smallest absolute Gasteiger partial charge is 0.230 e. The molecule has 0 bridgehead atoms. The minimum absolute atomic E-state index is 0.125. The van der Waals surface area contributed by atoms with Crippen molar-refractivity contribution in [1.29, 1.82) is 0 Å². The fourth-order valence-electron chi connectivity index (χ4n) is 2.37. The molecule has 0 aliphatic rings. The number of nitrogens with zero attached hydrogens (tertiary/aromatic N) is 1. The Labute approximate surface area is 150 Å². The molecule has 130 valence electrons. The molecule has 0 saturated carbocycles. The number of ether oxygens (including phenoxy) is 1. The van der Waals surface area contributed by atoms with Crippen LogP contribution in [0.4, 0.5) is 5.69 Å². The molecule has 0 unspecified atom stereocenters. The van der Waals surface area contributed by atoms with Crippen LogP contribution in [0.15, 0.2) is 47.0 Å². The monoisotopic (exact) mass is 358 g/mol. The first-order valence-corrected chi connectivity index (χ1v) is 8.46. The van der Waals surface area contributed by atoms with Crippen molar-refractivity contribution in [3.63, 3.8) is 0 Å². The van der Waals surface area contributed by atoms with Crippen molar-refractivity contribution in [2.75, 3.05) is 11.9 Å². The molecule has 1 N–H and O–H groups in total. The summed E-state index contributed by atoms with van der Waals surface area (Å²) in [6, 6.07) is 12.6. The molecular formula is C19H19ClN2O3. The number of fused-ring (bicyclic) bond motifs is 1. The van der Waals surface area contributed by atoms with Crippen LogP contribution in [0.1, 0.15) is 19.5 Å². The van der Waals surface area contributed by atoms with Crippen molar-refractivity contribution in [2.45, 2.75) is 20.3 Å². The van der Waals surface area contributed by atoms with E-state index in [2.05, 4.69) is 24.3 Å². The molecule has 1 heterocycles. The highest BCUT2D eigenvalue weighted by Crippen LogP contribution is 2.28. The van der Waals surface area contributed by atoms with Gasteiger partial charge in [0, 0.05) is 11.1 Å².